The van der Waals surface area contributed by atoms with Crippen LogP contribution in [0.1, 0.15) is 16.1 Å². The van der Waals surface area contributed by atoms with Crippen LogP contribution in [0.2, 0.25) is 0 Å². The van der Waals surface area contributed by atoms with E-state index in [2.05, 4.69) is 37.6 Å². The molecule has 0 aliphatic heterocycles. The number of benzene rings is 2. The van der Waals surface area contributed by atoms with Crippen molar-refractivity contribution in [3.8, 4) is 11.3 Å². The fourth-order valence-corrected chi connectivity index (χ4v) is 3.52. The van der Waals surface area contributed by atoms with Crippen LogP contribution < -0.4 is 10.2 Å². The van der Waals surface area contributed by atoms with Crippen molar-refractivity contribution in [1.82, 2.24) is 24.8 Å². The van der Waals surface area contributed by atoms with Gasteiger partial charge in [-0.1, -0.05) is 48.5 Å². The van der Waals surface area contributed by atoms with E-state index in [0.29, 0.717) is 17.9 Å². The Morgan fingerprint density at radius 3 is 2.53 bits per heavy atom. The number of nitrogens with one attached hydrogen (secondary N) is 2. The summed E-state index contributed by atoms with van der Waals surface area (Å²) in [4.78, 5) is 19.6. The van der Waals surface area contributed by atoms with E-state index in [1.54, 1.807) is 23.0 Å². The maximum Gasteiger partial charge on any atom is 0.276 e. The normalized spacial score (nSPS) is 10.9. The summed E-state index contributed by atoms with van der Waals surface area (Å²) >= 11 is 0. The van der Waals surface area contributed by atoms with E-state index < -0.39 is 0 Å². The zero-order valence-corrected chi connectivity index (χ0v) is 17.4. The van der Waals surface area contributed by atoms with Crippen LogP contribution in [0, 0.1) is 0 Å². The number of H-pyrrole nitrogens is 1. The van der Waals surface area contributed by atoms with Crippen molar-refractivity contribution < 1.29 is 4.79 Å². The van der Waals surface area contributed by atoms with Crippen molar-refractivity contribution in [2.75, 3.05) is 17.3 Å². The Morgan fingerprint density at radius 2 is 1.81 bits per heavy atom. The van der Waals surface area contributed by atoms with Gasteiger partial charge in [0.2, 0.25) is 0 Å². The molecule has 5 aromatic rings. The van der Waals surface area contributed by atoms with Gasteiger partial charge in [-0.15, -0.1) is 0 Å². The lowest BCUT2D eigenvalue weighted by Crippen LogP contribution is -2.18. The van der Waals surface area contributed by atoms with Crippen LogP contribution in [0.15, 0.2) is 85.2 Å². The van der Waals surface area contributed by atoms with E-state index in [-0.39, 0.29) is 11.6 Å². The lowest BCUT2D eigenvalue weighted by molar-refractivity contribution is 0.102. The number of para-hydroxylation sites is 1. The second-order valence-corrected chi connectivity index (χ2v) is 7.45. The Morgan fingerprint density at radius 1 is 1.06 bits per heavy atom. The number of carbonyl (C=O) groups is 1. The van der Waals surface area contributed by atoms with Crippen molar-refractivity contribution in [1.29, 1.82) is 0 Å². The second kappa shape index (κ2) is 8.35. The number of anilines is 2. The number of aromatic amines is 1. The predicted octanol–water partition coefficient (Wildman–Crippen LogP) is 4.01. The molecule has 0 bridgehead atoms. The van der Waals surface area contributed by atoms with E-state index in [1.807, 2.05) is 61.6 Å². The van der Waals surface area contributed by atoms with Crippen LogP contribution in [0.25, 0.3) is 16.9 Å². The van der Waals surface area contributed by atoms with Crippen LogP contribution in [0.5, 0.6) is 0 Å². The second-order valence-electron chi connectivity index (χ2n) is 7.45. The predicted molar refractivity (Wildman–Crippen MR) is 124 cm³/mol. The number of hydrogen-bond donors (Lipinski definition) is 2. The number of amides is 1. The third kappa shape index (κ3) is 3.93. The molecule has 1 amide bonds. The minimum Gasteiger partial charge on any atom is -0.355 e. The van der Waals surface area contributed by atoms with Gasteiger partial charge in [-0.25, -0.2) is 9.50 Å². The minimum absolute atomic E-state index is 0.286. The van der Waals surface area contributed by atoms with E-state index in [4.69, 9.17) is 4.98 Å². The largest absolute Gasteiger partial charge is 0.355 e. The highest BCUT2D eigenvalue weighted by Crippen LogP contribution is 2.25. The molecule has 0 saturated heterocycles. The zero-order chi connectivity index (χ0) is 21.9. The minimum atomic E-state index is -0.293. The third-order valence-corrected chi connectivity index (χ3v) is 5.13. The number of hydrogen-bond acceptors (Lipinski definition) is 5. The Balaban J connectivity index is 1.53. The molecule has 0 aliphatic carbocycles. The Labute approximate surface area is 184 Å². The summed E-state index contributed by atoms with van der Waals surface area (Å²) in [5, 5.41) is 14.3. The summed E-state index contributed by atoms with van der Waals surface area (Å²) in [5.74, 6) is 0.478. The molecular weight excluding hydrogens is 402 g/mol. The van der Waals surface area contributed by atoms with Crippen molar-refractivity contribution in [2.24, 2.45) is 0 Å². The smallest absolute Gasteiger partial charge is 0.276 e. The Hall–Kier alpha value is -4.46. The highest BCUT2D eigenvalue weighted by Gasteiger charge is 2.17. The Kier molecular flexibility index (Phi) is 5.09. The molecule has 0 unspecified atom stereocenters. The summed E-state index contributed by atoms with van der Waals surface area (Å²) in [5.41, 5.74) is 4.40. The van der Waals surface area contributed by atoms with Crippen LogP contribution in [-0.2, 0) is 6.54 Å². The molecule has 0 spiro atoms. The molecule has 2 N–H and O–H groups in total. The summed E-state index contributed by atoms with van der Waals surface area (Å²) < 4.78 is 1.67. The standard InChI is InChI=1S/C24H21N7O/c1-30(16-17-8-4-2-5-9-17)22-13-21(18-14-25-26-15-18)31-23(28-22)12-20(29-31)24(32)27-19-10-6-3-7-11-19/h2-15H,16H2,1H3,(H,25,26)(H,27,32). The van der Waals surface area contributed by atoms with E-state index in [1.165, 1.54) is 5.56 Å². The third-order valence-electron chi connectivity index (χ3n) is 5.13. The molecule has 0 atom stereocenters. The van der Waals surface area contributed by atoms with Crippen LogP contribution in [-0.4, -0.2) is 37.8 Å². The fourth-order valence-electron chi connectivity index (χ4n) is 3.52. The molecule has 3 heterocycles. The molecule has 8 nitrogen and oxygen atoms in total. The van der Waals surface area contributed by atoms with Gasteiger partial charge in [0.05, 0.1) is 11.9 Å². The van der Waals surface area contributed by atoms with Gasteiger partial charge in [0.1, 0.15) is 5.82 Å². The van der Waals surface area contributed by atoms with Gasteiger partial charge < -0.3 is 10.2 Å². The van der Waals surface area contributed by atoms with Gasteiger partial charge in [-0.05, 0) is 17.7 Å². The van der Waals surface area contributed by atoms with Crippen molar-refractivity contribution >= 4 is 23.1 Å². The maximum absolute atomic E-state index is 12.8. The Bertz CT molecular complexity index is 1350. The van der Waals surface area contributed by atoms with Gasteiger partial charge >= 0.3 is 0 Å². The monoisotopic (exact) mass is 423 g/mol. The van der Waals surface area contributed by atoms with Crippen LogP contribution >= 0.6 is 0 Å². The van der Waals surface area contributed by atoms with Gasteiger partial charge in [-0.3, -0.25) is 9.89 Å². The van der Waals surface area contributed by atoms with Crippen molar-refractivity contribution in [3.63, 3.8) is 0 Å². The quantitative estimate of drug-likeness (QED) is 0.431. The first-order valence-electron chi connectivity index (χ1n) is 10.2. The summed E-state index contributed by atoms with van der Waals surface area (Å²) in [6, 6.07) is 23.1. The number of nitrogens with zero attached hydrogens (tertiary/aromatic N) is 5. The summed E-state index contributed by atoms with van der Waals surface area (Å²) in [6.45, 7) is 0.699. The molecule has 2 aromatic carbocycles. The lowest BCUT2D eigenvalue weighted by Gasteiger charge is -2.19. The van der Waals surface area contributed by atoms with Crippen molar-refractivity contribution in [3.05, 3.63) is 96.4 Å². The number of rotatable bonds is 6. The molecular formula is C24H21N7O. The van der Waals surface area contributed by atoms with Gasteiger partial charge in [0.25, 0.3) is 5.91 Å². The zero-order valence-electron chi connectivity index (χ0n) is 17.4. The molecule has 0 aliphatic rings. The molecule has 3 aromatic heterocycles. The topological polar surface area (TPSA) is 91.2 Å². The molecule has 0 radical (unpaired) electrons. The van der Waals surface area contributed by atoms with E-state index in [0.717, 1.165) is 17.1 Å². The molecule has 32 heavy (non-hydrogen) atoms. The first-order valence-corrected chi connectivity index (χ1v) is 10.2. The first-order chi connectivity index (χ1) is 15.7. The highest BCUT2D eigenvalue weighted by molar-refractivity contribution is 6.03. The van der Waals surface area contributed by atoms with Gasteiger partial charge in [0, 0.05) is 43.2 Å². The molecule has 0 fully saturated rings. The molecule has 158 valence electrons. The number of fused-ring (bicyclic) bond motifs is 1. The van der Waals surface area contributed by atoms with Gasteiger partial charge in [-0.2, -0.15) is 10.2 Å². The maximum atomic E-state index is 12.8. The SMILES string of the molecule is CN(Cc1ccccc1)c1cc(-c2cn[nH]c2)n2nc(C(=O)Nc3ccccc3)cc2n1. The fraction of sp³-hybridized carbons (Fsp3) is 0.0833. The van der Waals surface area contributed by atoms with E-state index in [9.17, 15) is 4.79 Å². The van der Waals surface area contributed by atoms with Gasteiger partial charge in [0.15, 0.2) is 11.3 Å². The lowest BCUT2D eigenvalue weighted by atomic mass is 10.2. The average Bonchev–Trinajstić information content (AvgIpc) is 3.50. The molecule has 5 rings (SSSR count). The van der Waals surface area contributed by atoms with E-state index >= 15 is 0 Å². The first kappa shape index (κ1) is 19.5. The van der Waals surface area contributed by atoms with Crippen LogP contribution in [0.4, 0.5) is 11.5 Å². The summed E-state index contributed by atoms with van der Waals surface area (Å²) in [6.07, 6.45) is 3.52. The molecule has 8 heteroatoms. The summed E-state index contributed by atoms with van der Waals surface area (Å²) in [7, 11) is 1.99. The average molecular weight is 423 g/mol. The highest BCUT2D eigenvalue weighted by atomic mass is 16.1. The number of carbonyl (C=O) groups excluding carboxylic acids is 1. The van der Waals surface area contributed by atoms with Crippen molar-refractivity contribution in [2.45, 2.75) is 6.54 Å². The van der Waals surface area contributed by atoms with Crippen LogP contribution in [0.3, 0.4) is 0 Å². The molecule has 0 saturated carbocycles. The number of aromatic nitrogens is 5.